The van der Waals surface area contributed by atoms with Gasteiger partial charge in [-0.3, -0.25) is 0 Å². The lowest BCUT2D eigenvalue weighted by Gasteiger charge is -2.47. The smallest absolute Gasteiger partial charge is 0.0851 e. The summed E-state index contributed by atoms with van der Waals surface area (Å²) in [5.41, 5.74) is 5.40. The molecule has 3 heteroatoms. The van der Waals surface area contributed by atoms with E-state index in [0.29, 0.717) is 6.54 Å². The predicted molar refractivity (Wildman–Crippen MR) is 57.0 cm³/mol. The van der Waals surface area contributed by atoms with Crippen LogP contribution >= 0.6 is 0 Å². The van der Waals surface area contributed by atoms with Crippen LogP contribution < -0.4 is 11.1 Å². The Kier molecular flexibility index (Phi) is 2.82. The van der Waals surface area contributed by atoms with E-state index in [1.165, 1.54) is 19.3 Å². The van der Waals surface area contributed by atoms with Gasteiger partial charge in [0.05, 0.1) is 5.60 Å². The fourth-order valence-corrected chi connectivity index (χ4v) is 3.22. The fourth-order valence-electron chi connectivity index (χ4n) is 3.22. The van der Waals surface area contributed by atoms with Crippen LogP contribution in [0.3, 0.4) is 0 Å². The summed E-state index contributed by atoms with van der Waals surface area (Å²) in [4.78, 5) is 0. The summed E-state index contributed by atoms with van der Waals surface area (Å²) in [5, 5.41) is 13.9. The van der Waals surface area contributed by atoms with Gasteiger partial charge in [0, 0.05) is 18.5 Å². The van der Waals surface area contributed by atoms with Crippen molar-refractivity contribution in [3.05, 3.63) is 0 Å². The maximum atomic E-state index is 10.6. The Morgan fingerprint density at radius 1 is 1.14 bits per heavy atom. The van der Waals surface area contributed by atoms with Gasteiger partial charge in [-0.2, -0.15) is 0 Å². The van der Waals surface area contributed by atoms with Crippen molar-refractivity contribution < 1.29 is 5.11 Å². The monoisotopic (exact) mass is 198 g/mol. The van der Waals surface area contributed by atoms with Gasteiger partial charge < -0.3 is 16.2 Å². The molecule has 4 N–H and O–H groups in total. The predicted octanol–water partition coefficient (Wildman–Crippen LogP) is 0.620. The first-order valence-corrected chi connectivity index (χ1v) is 5.86. The van der Waals surface area contributed by atoms with Crippen LogP contribution in [0.5, 0.6) is 0 Å². The average molecular weight is 198 g/mol. The Bertz CT molecular complexity index is 193. The molecule has 2 aliphatic rings. The first-order chi connectivity index (χ1) is 6.72. The Morgan fingerprint density at radius 2 is 1.86 bits per heavy atom. The Hall–Kier alpha value is -0.120. The molecule has 1 aliphatic heterocycles. The molecule has 2 fully saturated rings. The summed E-state index contributed by atoms with van der Waals surface area (Å²) in [6.45, 7) is 2.33. The standard InChI is InChI=1S/C11H22N2O/c12-8-10(4-2-1-3-5-10)11(14)6-7-13-9-11/h13-14H,1-9,12H2. The van der Waals surface area contributed by atoms with Crippen LogP contribution in [0.4, 0.5) is 0 Å². The highest BCUT2D eigenvalue weighted by Crippen LogP contribution is 2.46. The zero-order valence-electron chi connectivity index (χ0n) is 8.89. The number of rotatable bonds is 2. The highest BCUT2D eigenvalue weighted by Gasteiger charge is 2.50. The molecule has 0 amide bonds. The number of nitrogens with one attached hydrogen (secondary N) is 1. The van der Waals surface area contributed by atoms with Crippen molar-refractivity contribution in [2.45, 2.75) is 44.1 Å². The Labute approximate surface area is 86.1 Å². The first kappa shape index (κ1) is 10.4. The van der Waals surface area contributed by atoms with Crippen LogP contribution in [0.25, 0.3) is 0 Å². The second kappa shape index (κ2) is 3.80. The molecule has 1 atom stereocenters. The fraction of sp³-hybridized carbons (Fsp3) is 1.00. The summed E-state index contributed by atoms with van der Waals surface area (Å²) in [6, 6.07) is 0. The number of aliphatic hydroxyl groups is 1. The maximum Gasteiger partial charge on any atom is 0.0851 e. The number of β-amino-alcohol motifs (C(OH)–C–C–N with tert-alkyl or cyclic N) is 1. The van der Waals surface area contributed by atoms with E-state index in [4.69, 9.17) is 5.73 Å². The van der Waals surface area contributed by atoms with Crippen LogP contribution in [-0.4, -0.2) is 30.3 Å². The molecule has 0 aromatic heterocycles. The van der Waals surface area contributed by atoms with E-state index in [-0.39, 0.29) is 5.41 Å². The normalized spacial score (nSPS) is 37.3. The summed E-state index contributed by atoms with van der Waals surface area (Å²) < 4.78 is 0. The molecule has 1 saturated carbocycles. The topological polar surface area (TPSA) is 58.3 Å². The minimum atomic E-state index is -0.526. The zero-order chi connectivity index (χ0) is 10.1. The van der Waals surface area contributed by atoms with Gasteiger partial charge in [-0.15, -0.1) is 0 Å². The summed E-state index contributed by atoms with van der Waals surface area (Å²) in [5.74, 6) is 0. The van der Waals surface area contributed by atoms with Gasteiger partial charge in [0.2, 0.25) is 0 Å². The highest BCUT2D eigenvalue weighted by molar-refractivity contribution is 5.05. The molecule has 2 rings (SSSR count). The lowest BCUT2D eigenvalue weighted by Crippen LogP contribution is -2.54. The van der Waals surface area contributed by atoms with E-state index in [1.54, 1.807) is 0 Å². The molecule has 3 nitrogen and oxygen atoms in total. The second-order valence-corrected chi connectivity index (χ2v) is 5.00. The van der Waals surface area contributed by atoms with Crippen LogP contribution in [0.1, 0.15) is 38.5 Å². The summed E-state index contributed by atoms with van der Waals surface area (Å²) >= 11 is 0. The molecule has 0 bridgehead atoms. The van der Waals surface area contributed by atoms with Gasteiger partial charge in [-0.1, -0.05) is 19.3 Å². The maximum absolute atomic E-state index is 10.6. The third-order valence-corrected chi connectivity index (χ3v) is 4.32. The van der Waals surface area contributed by atoms with Crippen molar-refractivity contribution in [1.29, 1.82) is 0 Å². The molecule has 0 spiro atoms. The zero-order valence-corrected chi connectivity index (χ0v) is 8.89. The Morgan fingerprint density at radius 3 is 2.36 bits per heavy atom. The number of nitrogens with two attached hydrogens (primary N) is 1. The molecular weight excluding hydrogens is 176 g/mol. The van der Waals surface area contributed by atoms with E-state index in [2.05, 4.69) is 5.32 Å². The minimum Gasteiger partial charge on any atom is -0.388 e. The molecule has 0 radical (unpaired) electrons. The van der Waals surface area contributed by atoms with Crippen molar-refractivity contribution >= 4 is 0 Å². The third kappa shape index (κ3) is 1.47. The lowest BCUT2D eigenvalue weighted by molar-refractivity contribution is -0.0839. The largest absolute Gasteiger partial charge is 0.388 e. The van der Waals surface area contributed by atoms with E-state index in [0.717, 1.165) is 32.4 Å². The van der Waals surface area contributed by atoms with Gasteiger partial charge in [0.15, 0.2) is 0 Å². The van der Waals surface area contributed by atoms with Gasteiger partial charge in [0.1, 0.15) is 0 Å². The third-order valence-electron chi connectivity index (χ3n) is 4.32. The van der Waals surface area contributed by atoms with Crippen molar-refractivity contribution in [1.82, 2.24) is 5.32 Å². The average Bonchev–Trinajstić information content (AvgIpc) is 2.68. The molecular formula is C11H22N2O. The Balaban J connectivity index is 2.16. The molecule has 1 unspecified atom stereocenters. The summed E-state index contributed by atoms with van der Waals surface area (Å²) in [7, 11) is 0. The van der Waals surface area contributed by atoms with E-state index < -0.39 is 5.60 Å². The number of hydrogen-bond donors (Lipinski definition) is 3. The molecule has 0 aromatic rings. The molecule has 1 heterocycles. The van der Waals surface area contributed by atoms with Crippen molar-refractivity contribution in [2.75, 3.05) is 19.6 Å². The van der Waals surface area contributed by atoms with Gasteiger partial charge in [0.25, 0.3) is 0 Å². The quantitative estimate of drug-likeness (QED) is 0.609. The first-order valence-electron chi connectivity index (χ1n) is 5.86. The minimum absolute atomic E-state index is 0.00868. The van der Waals surface area contributed by atoms with Crippen molar-refractivity contribution in [3.63, 3.8) is 0 Å². The second-order valence-electron chi connectivity index (χ2n) is 5.00. The van der Waals surface area contributed by atoms with Gasteiger partial charge >= 0.3 is 0 Å². The summed E-state index contributed by atoms with van der Waals surface area (Å²) in [6.07, 6.45) is 6.89. The molecule has 0 aromatic carbocycles. The van der Waals surface area contributed by atoms with Crippen LogP contribution in [0, 0.1) is 5.41 Å². The molecule has 1 saturated heterocycles. The van der Waals surface area contributed by atoms with Gasteiger partial charge in [-0.25, -0.2) is 0 Å². The van der Waals surface area contributed by atoms with E-state index in [9.17, 15) is 5.11 Å². The van der Waals surface area contributed by atoms with Crippen LogP contribution in [-0.2, 0) is 0 Å². The van der Waals surface area contributed by atoms with Crippen LogP contribution in [0.2, 0.25) is 0 Å². The van der Waals surface area contributed by atoms with Gasteiger partial charge in [-0.05, 0) is 25.8 Å². The highest BCUT2D eigenvalue weighted by atomic mass is 16.3. The van der Waals surface area contributed by atoms with E-state index in [1.807, 2.05) is 0 Å². The molecule has 82 valence electrons. The molecule has 1 aliphatic carbocycles. The van der Waals surface area contributed by atoms with Crippen molar-refractivity contribution in [2.24, 2.45) is 11.1 Å². The molecule has 14 heavy (non-hydrogen) atoms. The SMILES string of the molecule is NCC1(C2(O)CCNC2)CCCCC1. The van der Waals surface area contributed by atoms with Crippen molar-refractivity contribution in [3.8, 4) is 0 Å². The number of hydrogen-bond acceptors (Lipinski definition) is 3. The van der Waals surface area contributed by atoms with E-state index >= 15 is 0 Å². The van der Waals surface area contributed by atoms with Crippen LogP contribution in [0.15, 0.2) is 0 Å². The lowest BCUT2D eigenvalue weighted by atomic mass is 9.63.